The molecular formula is C16H21N9. The Bertz CT molecular complexity index is 875. The van der Waals surface area contributed by atoms with Gasteiger partial charge < -0.3 is 15.5 Å². The lowest BCUT2D eigenvalue weighted by Crippen LogP contribution is -2.35. The van der Waals surface area contributed by atoms with Crippen molar-refractivity contribution < 1.29 is 0 Å². The number of nitrogens with one attached hydrogen (secondary N) is 2. The van der Waals surface area contributed by atoms with Gasteiger partial charge in [0.15, 0.2) is 5.65 Å². The molecule has 0 bridgehead atoms. The van der Waals surface area contributed by atoms with Crippen molar-refractivity contribution in [2.24, 2.45) is 7.05 Å². The minimum absolute atomic E-state index is 0.362. The summed E-state index contributed by atoms with van der Waals surface area (Å²) in [4.78, 5) is 19.6. The summed E-state index contributed by atoms with van der Waals surface area (Å²) < 4.78 is 1.75. The first kappa shape index (κ1) is 15.6. The number of anilines is 3. The van der Waals surface area contributed by atoms with Crippen molar-refractivity contribution in [2.75, 3.05) is 35.7 Å². The number of fused-ring (bicyclic) bond motifs is 1. The van der Waals surface area contributed by atoms with Gasteiger partial charge in [-0.15, -0.1) is 0 Å². The normalized spacial score (nSPS) is 17.2. The maximum atomic E-state index is 4.44. The van der Waals surface area contributed by atoms with Crippen LogP contribution < -0.4 is 15.5 Å². The molecule has 0 aromatic carbocycles. The zero-order valence-corrected chi connectivity index (χ0v) is 14.3. The van der Waals surface area contributed by atoms with Gasteiger partial charge in [-0.1, -0.05) is 0 Å². The van der Waals surface area contributed by atoms with E-state index >= 15 is 0 Å². The van der Waals surface area contributed by atoms with E-state index in [4.69, 9.17) is 0 Å². The Hall–Kier alpha value is -2.97. The standard InChI is InChI=1S/C16H21N9/c1-17-13-6-14(20-9-19-13)25-5-3-4-11(25)7-18-15-12-8-23-24(2)16(12)22-10-21-15/h6,8-11H,3-5,7H2,1-2H3,(H,17,19,20)(H,18,21,22). The molecule has 3 aromatic rings. The first-order chi connectivity index (χ1) is 12.3. The SMILES string of the molecule is CNc1cc(N2CCCC2CNc2ncnc3c2cnn3C)ncn1. The first-order valence-electron chi connectivity index (χ1n) is 8.39. The Morgan fingerprint density at radius 1 is 1.20 bits per heavy atom. The van der Waals surface area contributed by atoms with Gasteiger partial charge in [-0.25, -0.2) is 19.9 Å². The van der Waals surface area contributed by atoms with Crippen molar-refractivity contribution in [3.8, 4) is 0 Å². The second-order valence-corrected chi connectivity index (χ2v) is 6.11. The molecule has 3 aromatic heterocycles. The van der Waals surface area contributed by atoms with Crippen molar-refractivity contribution in [1.82, 2.24) is 29.7 Å². The van der Waals surface area contributed by atoms with Gasteiger partial charge >= 0.3 is 0 Å². The molecule has 25 heavy (non-hydrogen) atoms. The Morgan fingerprint density at radius 3 is 2.96 bits per heavy atom. The van der Waals surface area contributed by atoms with Crippen molar-refractivity contribution in [3.05, 3.63) is 24.9 Å². The van der Waals surface area contributed by atoms with E-state index in [-0.39, 0.29) is 0 Å². The summed E-state index contributed by atoms with van der Waals surface area (Å²) in [6.07, 6.45) is 7.24. The van der Waals surface area contributed by atoms with E-state index in [1.165, 1.54) is 0 Å². The average molecular weight is 339 g/mol. The highest BCUT2D eigenvalue weighted by Crippen LogP contribution is 2.26. The molecule has 1 saturated heterocycles. The largest absolute Gasteiger partial charge is 0.373 e. The van der Waals surface area contributed by atoms with Gasteiger partial charge in [0.25, 0.3) is 0 Å². The van der Waals surface area contributed by atoms with Crippen LogP contribution in [0.4, 0.5) is 17.5 Å². The topological polar surface area (TPSA) is 96.7 Å². The van der Waals surface area contributed by atoms with Gasteiger partial charge in [0, 0.05) is 39.3 Å². The van der Waals surface area contributed by atoms with Gasteiger partial charge in [-0.3, -0.25) is 4.68 Å². The molecule has 0 amide bonds. The summed E-state index contributed by atoms with van der Waals surface area (Å²) >= 11 is 0. The predicted molar refractivity (Wildman–Crippen MR) is 96.7 cm³/mol. The number of rotatable bonds is 5. The molecule has 0 aliphatic carbocycles. The van der Waals surface area contributed by atoms with Crippen LogP contribution in [0.1, 0.15) is 12.8 Å². The van der Waals surface area contributed by atoms with Crippen molar-refractivity contribution in [1.29, 1.82) is 0 Å². The molecule has 130 valence electrons. The van der Waals surface area contributed by atoms with Crippen LogP contribution in [-0.2, 0) is 7.05 Å². The molecule has 1 aliphatic heterocycles. The van der Waals surface area contributed by atoms with E-state index in [9.17, 15) is 0 Å². The van der Waals surface area contributed by atoms with Crippen LogP contribution >= 0.6 is 0 Å². The van der Waals surface area contributed by atoms with E-state index in [1.807, 2.05) is 20.2 Å². The van der Waals surface area contributed by atoms with E-state index < -0.39 is 0 Å². The van der Waals surface area contributed by atoms with Crippen LogP contribution in [0.3, 0.4) is 0 Å². The van der Waals surface area contributed by atoms with Crippen LogP contribution in [0.5, 0.6) is 0 Å². The number of hydrogen-bond acceptors (Lipinski definition) is 8. The summed E-state index contributed by atoms with van der Waals surface area (Å²) in [5, 5.41) is 11.7. The zero-order chi connectivity index (χ0) is 17.2. The van der Waals surface area contributed by atoms with Crippen molar-refractivity contribution in [3.63, 3.8) is 0 Å². The highest BCUT2D eigenvalue weighted by molar-refractivity contribution is 5.85. The fourth-order valence-electron chi connectivity index (χ4n) is 3.31. The van der Waals surface area contributed by atoms with Crippen LogP contribution in [0, 0.1) is 0 Å². The molecule has 0 radical (unpaired) electrons. The zero-order valence-electron chi connectivity index (χ0n) is 14.3. The van der Waals surface area contributed by atoms with Gasteiger partial charge in [-0.2, -0.15) is 5.10 Å². The third-order valence-electron chi connectivity index (χ3n) is 4.61. The van der Waals surface area contributed by atoms with Crippen LogP contribution in [-0.4, -0.2) is 55.9 Å². The minimum atomic E-state index is 0.362. The molecule has 1 unspecified atom stereocenters. The lowest BCUT2D eigenvalue weighted by molar-refractivity contribution is 0.689. The van der Waals surface area contributed by atoms with Crippen LogP contribution in [0.25, 0.3) is 11.0 Å². The van der Waals surface area contributed by atoms with Gasteiger partial charge in [0.05, 0.1) is 11.6 Å². The van der Waals surface area contributed by atoms with Gasteiger partial charge in [-0.05, 0) is 12.8 Å². The summed E-state index contributed by atoms with van der Waals surface area (Å²) in [5.41, 5.74) is 0.829. The molecule has 4 heterocycles. The second kappa shape index (κ2) is 6.50. The molecular weight excluding hydrogens is 318 g/mol. The fraction of sp³-hybridized carbons (Fsp3) is 0.438. The van der Waals surface area contributed by atoms with Crippen LogP contribution in [0.2, 0.25) is 0 Å². The fourth-order valence-corrected chi connectivity index (χ4v) is 3.31. The number of nitrogens with zero attached hydrogens (tertiary/aromatic N) is 7. The highest BCUT2D eigenvalue weighted by atomic mass is 15.3. The highest BCUT2D eigenvalue weighted by Gasteiger charge is 2.26. The lowest BCUT2D eigenvalue weighted by atomic mass is 10.2. The number of aromatic nitrogens is 6. The van der Waals surface area contributed by atoms with E-state index in [0.717, 1.165) is 54.4 Å². The molecule has 0 spiro atoms. The monoisotopic (exact) mass is 339 g/mol. The van der Waals surface area contributed by atoms with Crippen LogP contribution in [0.15, 0.2) is 24.9 Å². The molecule has 2 N–H and O–H groups in total. The predicted octanol–water partition coefficient (Wildman–Crippen LogP) is 1.28. The molecule has 4 rings (SSSR count). The second-order valence-electron chi connectivity index (χ2n) is 6.11. The van der Waals surface area contributed by atoms with Gasteiger partial charge in [0.1, 0.15) is 30.1 Å². The average Bonchev–Trinajstić information content (AvgIpc) is 3.27. The third kappa shape index (κ3) is 2.92. The Kier molecular flexibility index (Phi) is 4.04. The Balaban J connectivity index is 1.51. The summed E-state index contributed by atoms with van der Waals surface area (Å²) in [7, 11) is 3.75. The van der Waals surface area contributed by atoms with E-state index in [2.05, 4.69) is 40.6 Å². The molecule has 9 nitrogen and oxygen atoms in total. The third-order valence-corrected chi connectivity index (χ3v) is 4.61. The number of aryl methyl sites for hydroxylation is 1. The molecule has 9 heteroatoms. The maximum Gasteiger partial charge on any atom is 0.163 e. The molecule has 1 fully saturated rings. The molecule has 1 aliphatic rings. The van der Waals surface area contributed by atoms with Crippen molar-refractivity contribution in [2.45, 2.75) is 18.9 Å². The quantitative estimate of drug-likeness (QED) is 0.717. The minimum Gasteiger partial charge on any atom is -0.373 e. The molecule has 0 saturated carbocycles. The Labute approximate surface area is 145 Å². The van der Waals surface area contributed by atoms with Crippen molar-refractivity contribution >= 4 is 28.5 Å². The lowest BCUT2D eigenvalue weighted by Gasteiger charge is -2.26. The maximum absolute atomic E-state index is 4.44. The Morgan fingerprint density at radius 2 is 2.08 bits per heavy atom. The summed E-state index contributed by atoms with van der Waals surface area (Å²) in [6.45, 7) is 1.79. The summed E-state index contributed by atoms with van der Waals surface area (Å²) in [5.74, 6) is 2.61. The van der Waals surface area contributed by atoms with E-state index in [1.54, 1.807) is 23.5 Å². The summed E-state index contributed by atoms with van der Waals surface area (Å²) in [6, 6.07) is 2.35. The number of hydrogen-bond donors (Lipinski definition) is 2. The van der Waals surface area contributed by atoms with Gasteiger partial charge in [0.2, 0.25) is 0 Å². The first-order valence-corrected chi connectivity index (χ1v) is 8.39. The molecule has 1 atom stereocenters. The van der Waals surface area contributed by atoms with E-state index in [0.29, 0.717) is 6.04 Å². The smallest absolute Gasteiger partial charge is 0.163 e.